The zero-order valence-electron chi connectivity index (χ0n) is 11.0. The summed E-state index contributed by atoms with van der Waals surface area (Å²) in [5, 5.41) is 8.87. The molecule has 0 atom stereocenters. The van der Waals surface area contributed by atoms with Crippen molar-refractivity contribution in [3.8, 4) is 0 Å². The molecule has 8 heteroatoms. The number of hydrogen-bond acceptors (Lipinski definition) is 5. The SMILES string of the molecule is O=S(=O)(NCC1(OCCO)CCCC1)c1ccc(Cl)s1. The Kier molecular flexibility index (Phi) is 5.44. The summed E-state index contributed by atoms with van der Waals surface area (Å²) in [6.45, 7) is 0.395. The molecule has 0 aromatic carbocycles. The molecule has 2 N–H and O–H groups in total. The molecule has 0 radical (unpaired) electrons. The molecule has 0 bridgehead atoms. The van der Waals surface area contributed by atoms with Gasteiger partial charge in [0.2, 0.25) is 10.0 Å². The molecule has 1 aromatic heterocycles. The molecule has 0 amide bonds. The second-order valence-corrected chi connectivity index (χ2v) is 8.55. The summed E-state index contributed by atoms with van der Waals surface area (Å²) in [4.78, 5) is 0. The van der Waals surface area contributed by atoms with Crippen molar-refractivity contribution in [3.05, 3.63) is 16.5 Å². The van der Waals surface area contributed by atoms with Crippen LogP contribution in [0.1, 0.15) is 25.7 Å². The van der Waals surface area contributed by atoms with Crippen molar-refractivity contribution >= 4 is 33.0 Å². The van der Waals surface area contributed by atoms with Gasteiger partial charge in [-0.1, -0.05) is 24.4 Å². The van der Waals surface area contributed by atoms with Crippen LogP contribution in [0.5, 0.6) is 0 Å². The Labute approximate surface area is 128 Å². The highest BCUT2D eigenvalue weighted by Crippen LogP contribution is 2.33. The number of thiophene rings is 1. The molecule has 1 saturated carbocycles. The first-order valence-electron chi connectivity index (χ1n) is 6.47. The minimum absolute atomic E-state index is 0.0605. The molecule has 0 saturated heterocycles. The van der Waals surface area contributed by atoms with Crippen LogP contribution < -0.4 is 4.72 Å². The maximum Gasteiger partial charge on any atom is 0.250 e. The highest BCUT2D eigenvalue weighted by molar-refractivity contribution is 7.91. The topological polar surface area (TPSA) is 75.6 Å². The lowest BCUT2D eigenvalue weighted by atomic mass is 10.0. The van der Waals surface area contributed by atoms with Gasteiger partial charge in [-0.2, -0.15) is 0 Å². The van der Waals surface area contributed by atoms with Gasteiger partial charge in [-0.05, 0) is 25.0 Å². The molecule has 5 nitrogen and oxygen atoms in total. The van der Waals surface area contributed by atoms with E-state index in [9.17, 15) is 8.42 Å². The maximum atomic E-state index is 12.2. The molecule has 0 aliphatic heterocycles. The summed E-state index contributed by atoms with van der Waals surface area (Å²) in [6, 6.07) is 3.06. The first kappa shape index (κ1) is 16.2. The van der Waals surface area contributed by atoms with Crippen molar-refractivity contribution in [2.45, 2.75) is 35.5 Å². The minimum Gasteiger partial charge on any atom is -0.394 e. The van der Waals surface area contributed by atoms with Crippen molar-refractivity contribution in [1.82, 2.24) is 4.72 Å². The molecule has 0 spiro atoms. The van der Waals surface area contributed by atoms with Gasteiger partial charge in [0, 0.05) is 6.54 Å². The number of halogens is 1. The smallest absolute Gasteiger partial charge is 0.250 e. The lowest BCUT2D eigenvalue weighted by Crippen LogP contribution is -2.43. The highest BCUT2D eigenvalue weighted by Gasteiger charge is 2.36. The first-order chi connectivity index (χ1) is 9.47. The summed E-state index contributed by atoms with van der Waals surface area (Å²) in [6.07, 6.45) is 3.64. The Hall–Kier alpha value is -0.180. The summed E-state index contributed by atoms with van der Waals surface area (Å²) in [7, 11) is -3.55. The third-order valence-electron chi connectivity index (χ3n) is 3.41. The molecule has 0 unspecified atom stereocenters. The van der Waals surface area contributed by atoms with Gasteiger partial charge in [0.25, 0.3) is 0 Å². The van der Waals surface area contributed by atoms with E-state index < -0.39 is 15.6 Å². The molecule has 1 aliphatic rings. The van der Waals surface area contributed by atoms with E-state index in [1.807, 2.05) is 0 Å². The predicted octanol–water partition coefficient (Wildman–Crippen LogP) is 2.00. The molecular formula is C12H18ClNO4S2. The van der Waals surface area contributed by atoms with E-state index in [4.69, 9.17) is 21.4 Å². The zero-order chi connectivity index (χ0) is 14.6. The maximum absolute atomic E-state index is 12.2. The van der Waals surface area contributed by atoms with Gasteiger partial charge in [0.15, 0.2) is 0 Å². The molecule has 1 aromatic rings. The van der Waals surface area contributed by atoms with Gasteiger partial charge in [0.1, 0.15) is 4.21 Å². The summed E-state index contributed by atoms with van der Waals surface area (Å²) in [5.74, 6) is 0. The van der Waals surface area contributed by atoms with E-state index in [1.54, 1.807) is 6.07 Å². The van der Waals surface area contributed by atoms with Crippen LogP contribution in [0.4, 0.5) is 0 Å². The van der Waals surface area contributed by atoms with Gasteiger partial charge in [-0.15, -0.1) is 11.3 Å². The van der Waals surface area contributed by atoms with Gasteiger partial charge in [-0.25, -0.2) is 13.1 Å². The lowest BCUT2D eigenvalue weighted by molar-refractivity contribution is -0.0492. The summed E-state index contributed by atoms with van der Waals surface area (Å²) < 4.78 is 33.2. The summed E-state index contributed by atoms with van der Waals surface area (Å²) >= 11 is 6.79. The van der Waals surface area contributed by atoms with Crippen molar-refractivity contribution in [2.24, 2.45) is 0 Å². The quantitative estimate of drug-likeness (QED) is 0.796. The Balaban J connectivity index is 2.02. The van der Waals surface area contributed by atoms with Gasteiger partial charge < -0.3 is 9.84 Å². The number of rotatable bonds is 7. The number of ether oxygens (including phenoxy) is 1. The second-order valence-electron chi connectivity index (χ2n) is 4.85. The molecular weight excluding hydrogens is 322 g/mol. The molecule has 1 aliphatic carbocycles. The molecule has 20 heavy (non-hydrogen) atoms. The van der Waals surface area contributed by atoms with Crippen LogP contribution in [0.25, 0.3) is 0 Å². The molecule has 1 heterocycles. The Bertz CT molecular complexity index is 537. The molecule has 114 valence electrons. The number of hydrogen-bond donors (Lipinski definition) is 2. The monoisotopic (exact) mass is 339 g/mol. The average Bonchev–Trinajstić information content (AvgIpc) is 3.04. The van der Waals surface area contributed by atoms with Crippen molar-refractivity contribution < 1.29 is 18.3 Å². The van der Waals surface area contributed by atoms with E-state index in [0.717, 1.165) is 37.0 Å². The Morgan fingerprint density at radius 2 is 2.10 bits per heavy atom. The fraction of sp³-hybridized carbons (Fsp3) is 0.667. The Morgan fingerprint density at radius 3 is 2.65 bits per heavy atom. The largest absolute Gasteiger partial charge is 0.394 e. The number of aliphatic hydroxyl groups is 1. The van der Waals surface area contributed by atoms with Gasteiger partial charge >= 0.3 is 0 Å². The van der Waals surface area contributed by atoms with Crippen LogP contribution in [-0.2, 0) is 14.8 Å². The Morgan fingerprint density at radius 1 is 1.40 bits per heavy atom. The van der Waals surface area contributed by atoms with E-state index in [2.05, 4.69) is 4.72 Å². The standard InChI is InChI=1S/C12H18ClNO4S2/c13-10-3-4-11(19-10)20(16,17)14-9-12(18-8-7-15)5-1-2-6-12/h3-4,14-15H,1-2,5-9H2. The van der Waals surface area contributed by atoms with E-state index >= 15 is 0 Å². The number of sulfonamides is 1. The van der Waals surface area contributed by atoms with Crippen LogP contribution in [0.3, 0.4) is 0 Å². The fourth-order valence-corrected chi connectivity index (χ4v) is 5.03. The van der Waals surface area contributed by atoms with Crippen LogP contribution >= 0.6 is 22.9 Å². The highest BCUT2D eigenvalue weighted by atomic mass is 35.5. The minimum atomic E-state index is -3.55. The van der Waals surface area contributed by atoms with Gasteiger partial charge in [0.05, 0.1) is 23.2 Å². The van der Waals surface area contributed by atoms with Gasteiger partial charge in [-0.3, -0.25) is 0 Å². The average molecular weight is 340 g/mol. The third-order valence-corrected chi connectivity index (χ3v) is 6.54. The van der Waals surface area contributed by atoms with Crippen molar-refractivity contribution in [3.63, 3.8) is 0 Å². The lowest BCUT2D eigenvalue weighted by Gasteiger charge is -2.29. The second kappa shape index (κ2) is 6.72. The van der Waals surface area contributed by atoms with E-state index in [0.29, 0.717) is 4.34 Å². The van der Waals surface area contributed by atoms with Crippen molar-refractivity contribution in [2.75, 3.05) is 19.8 Å². The fourth-order valence-electron chi connectivity index (χ4n) is 2.39. The van der Waals surface area contributed by atoms with E-state index in [-0.39, 0.29) is 24.0 Å². The number of aliphatic hydroxyl groups excluding tert-OH is 1. The first-order valence-corrected chi connectivity index (χ1v) is 9.15. The van der Waals surface area contributed by atoms with E-state index in [1.165, 1.54) is 6.07 Å². The molecule has 2 rings (SSSR count). The predicted molar refractivity (Wildman–Crippen MR) is 78.8 cm³/mol. The van der Waals surface area contributed by atoms with Crippen molar-refractivity contribution in [1.29, 1.82) is 0 Å². The van der Waals surface area contributed by atoms with Crippen LogP contribution in [-0.4, -0.2) is 38.9 Å². The normalized spacial score (nSPS) is 18.5. The number of nitrogens with one attached hydrogen (secondary N) is 1. The van der Waals surface area contributed by atoms with Crippen LogP contribution in [0, 0.1) is 0 Å². The van der Waals surface area contributed by atoms with Crippen LogP contribution in [0.15, 0.2) is 16.3 Å². The molecule has 1 fully saturated rings. The summed E-state index contributed by atoms with van der Waals surface area (Å²) in [5.41, 5.74) is -0.489. The third kappa shape index (κ3) is 3.93. The zero-order valence-corrected chi connectivity index (χ0v) is 13.4. The van der Waals surface area contributed by atoms with Crippen LogP contribution in [0.2, 0.25) is 4.34 Å².